The summed E-state index contributed by atoms with van der Waals surface area (Å²) in [5.74, 6) is -0.199. The van der Waals surface area contributed by atoms with Crippen LogP contribution in [0, 0.1) is 0 Å². The van der Waals surface area contributed by atoms with Gasteiger partial charge < -0.3 is 4.74 Å². The maximum absolute atomic E-state index is 12.7. The van der Waals surface area contributed by atoms with Crippen molar-refractivity contribution >= 4 is 125 Å². The Bertz CT molecular complexity index is 4580. The summed E-state index contributed by atoms with van der Waals surface area (Å²) in [6, 6.07) is 32.6. The third-order valence-electron chi connectivity index (χ3n) is 10.8. The van der Waals surface area contributed by atoms with E-state index in [1.165, 1.54) is 35.1 Å². The molecule has 4 aromatic heterocycles. The fourth-order valence-electron chi connectivity index (χ4n) is 7.89. The monoisotopic (exact) mass is 1060 g/mol. The first kappa shape index (κ1) is 47.7. The molecule has 0 aliphatic carbocycles. The Balaban J connectivity index is 0.000000728. The van der Waals surface area contributed by atoms with Crippen molar-refractivity contribution in [3.8, 4) is 17.1 Å². The predicted molar refractivity (Wildman–Crippen MR) is 248 cm³/mol. The number of ether oxygens (including phenoxy) is 1. The van der Waals surface area contributed by atoms with Gasteiger partial charge in [-0.25, -0.2) is 0 Å². The van der Waals surface area contributed by atoms with Crippen LogP contribution in [0.5, 0.6) is 5.75 Å². The summed E-state index contributed by atoms with van der Waals surface area (Å²) in [6.07, 6.45) is 3.18. The number of hydrogen-bond donors (Lipinski definition) is 3. The number of fused-ring (bicyclic) bond motifs is 12. The highest BCUT2D eigenvalue weighted by atomic mass is 32.2. The molecule has 362 valence electrons. The van der Waals surface area contributed by atoms with Gasteiger partial charge in [0, 0.05) is 16.8 Å². The average Bonchev–Trinajstić information content (AvgIpc) is 4.16. The van der Waals surface area contributed by atoms with Crippen molar-refractivity contribution in [1.82, 2.24) is 28.1 Å². The zero-order valence-corrected chi connectivity index (χ0v) is 39.0. The van der Waals surface area contributed by atoms with E-state index in [2.05, 4.69) is 10.2 Å². The molecule has 0 atom stereocenters. The van der Waals surface area contributed by atoms with Crippen LogP contribution in [0.1, 0.15) is 11.1 Å². The third-order valence-corrected chi connectivity index (χ3v) is 13.4. The molecule has 0 bridgehead atoms. The summed E-state index contributed by atoms with van der Waals surface area (Å²) in [4.78, 5) is 13.6. The molecule has 0 aliphatic rings. The first-order valence-electron chi connectivity index (χ1n) is 19.5. The Hall–Kier alpha value is -8.36. The van der Waals surface area contributed by atoms with Gasteiger partial charge in [-0.15, -0.1) is 53.7 Å². The van der Waals surface area contributed by atoms with Crippen LogP contribution in [0.25, 0.3) is 67.1 Å². The molecule has 0 saturated heterocycles. The molecule has 30 heteroatoms. The van der Waals surface area contributed by atoms with E-state index >= 15 is 0 Å². The second kappa shape index (κ2) is 17.6. The number of hydrogen-bond acceptors (Lipinski definition) is 16. The van der Waals surface area contributed by atoms with Crippen LogP contribution in [0.3, 0.4) is 0 Å². The minimum atomic E-state index is -4.92. The molecule has 3 N–H and O–H groups in total. The number of aromatic nitrogens is 6. The van der Waals surface area contributed by atoms with Crippen LogP contribution in [-0.2, 0) is 56.4 Å². The molecule has 0 saturated carbocycles. The number of azo groups is 1. The summed E-state index contributed by atoms with van der Waals surface area (Å²) in [5.41, 5.74) is 4.49. The number of benzene rings is 7. The standard InChI is InChI=1S/C41H26N8O11S3.2O3S/c50-23-60-37-22-36(47-46-35-18-11-27-19-30(61(51,52)53)15-16-32(27)41(35)49(46)47)39(63(57,58)59)21-33(37)43-42-28-12-6-24(7-13-28)5-8-26-9-14-29(20-38(26)62(54,55)56)44-45-34-17-10-25-3-1-2-4-31(25)40(34)48(44)45;2*1-4(2)3/h1-23H,(H,51,52,53)(H,54,55,56)(H,57,58,59);;. The Morgan fingerprint density at radius 1 is 0.535 bits per heavy atom. The lowest BCUT2D eigenvalue weighted by Crippen LogP contribution is -2.04. The summed E-state index contributed by atoms with van der Waals surface area (Å²) in [5, 5.41) is 11.5. The predicted octanol–water partition coefficient (Wildman–Crippen LogP) is 5.31. The van der Waals surface area contributed by atoms with E-state index in [9.17, 15) is 43.7 Å². The van der Waals surface area contributed by atoms with Gasteiger partial charge in [0.15, 0.2) is 5.75 Å². The lowest BCUT2D eigenvalue weighted by molar-refractivity contribution is -0.120. The number of carbonyl (C=O) groups is 1. The summed E-state index contributed by atoms with van der Waals surface area (Å²) < 4.78 is 167. The van der Waals surface area contributed by atoms with E-state index in [1.807, 2.05) is 45.7 Å². The molecule has 0 aliphatic heterocycles. The Kier molecular flexibility index (Phi) is 11.8. The van der Waals surface area contributed by atoms with Gasteiger partial charge in [0.2, 0.25) is 0 Å². The molecule has 0 radical (unpaired) electrons. The zero-order chi connectivity index (χ0) is 50.9. The lowest BCUT2D eigenvalue weighted by atomic mass is 10.1. The Morgan fingerprint density at radius 3 is 1.75 bits per heavy atom. The summed E-state index contributed by atoms with van der Waals surface area (Å²) in [7, 11) is -20.2. The second-order valence-electron chi connectivity index (χ2n) is 14.9. The highest BCUT2D eigenvalue weighted by Gasteiger charge is 2.32. The van der Waals surface area contributed by atoms with Gasteiger partial charge >= 0.3 is 21.2 Å². The fourth-order valence-corrected chi connectivity index (χ4v) is 9.77. The first-order valence-corrected chi connectivity index (χ1v) is 25.9. The molecular formula is C41H26N8O17S5. The highest BCUT2D eigenvalue weighted by molar-refractivity contribution is 7.86. The van der Waals surface area contributed by atoms with Crippen LogP contribution in [0.2, 0.25) is 0 Å². The van der Waals surface area contributed by atoms with Crippen molar-refractivity contribution in [2.45, 2.75) is 14.7 Å². The average molecular weight is 1060 g/mol. The number of rotatable bonds is 11. The van der Waals surface area contributed by atoms with E-state index in [1.54, 1.807) is 74.7 Å². The summed E-state index contributed by atoms with van der Waals surface area (Å²) >= 11 is 0. The number of nitrogens with zero attached hydrogens (tertiary/aromatic N) is 8. The van der Waals surface area contributed by atoms with Crippen molar-refractivity contribution in [2.24, 2.45) is 10.2 Å². The Morgan fingerprint density at radius 2 is 1.13 bits per heavy atom. The van der Waals surface area contributed by atoms with Crippen molar-refractivity contribution in [1.29, 1.82) is 0 Å². The molecule has 11 rings (SSSR count). The maximum atomic E-state index is 12.7. The molecule has 71 heavy (non-hydrogen) atoms. The largest absolute Gasteiger partial charge is 0.426 e. The van der Waals surface area contributed by atoms with E-state index in [0.717, 1.165) is 27.9 Å². The SMILES string of the molecule is O=COc1cc(-n2n3c4ccc5cc(S(=O)(=O)O)ccc5c4n23)c(S(=O)(=O)O)cc1N=Nc1ccc(C=Cc2ccc(-n3n4c5ccc6ccccc6c5n34)cc2S(=O)(=O)O)cc1.O=S(=O)=O.O=S(=O)=O. The maximum Gasteiger partial charge on any atom is 0.425 e. The molecule has 0 spiro atoms. The van der Waals surface area contributed by atoms with Gasteiger partial charge in [-0.1, -0.05) is 72.8 Å². The van der Waals surface area contributed by atoms with Crippen molar-refractivity contribution < 1.29 is 73.7 Å². The number of carbonyl (C=O) groups excluding carboxylic acids is 1. The molecule has 0 amide bonds. The fraction of sp³-hybridized carbons (Fsp3) is 0. The van der Waals surface area contributed by atoms with Crippen molar-refractivity contribution in [2.75, 3.05) is 0 Å². The van der Waals surface area contributed by atoms with Gasteiger partial charge in [-0.3, -0.25) is 18.5 Å². The molecule has 7 aromatic carbocycles. The lowest BCUT2D eigenvalue weighted by Gasteiger charge is -2.08. The van der Waals surface area contributed by atoms with Crippen molar-refractivity contribution in [3.05, 3.63) is 132 Å². The second-order valence-corrected chi connectivity index (χ2v) is 19.9. The van der Waals surface area contributed by atoms with E-state index in [0.29, 0.717) is 33.1 Å². The minimum absolute atomic E-state index is 0.109. The van der Waals surface area contributed by atoms with Gasteiger partial charge in [0.25, 0.3) is 36.8 Å². The topological polar surface area (TPSA) is 344 Å². The van der Waals surface area contributed by atoms with Gasteiger partial charge in [-0.05, 0) is 76.5 Å². The smallest absolute Gasteiger partial charge is 0.425 e. The van der Waals surface area contributed by atoms with Crippen LogP contribution >= 0.6 is 0 Å². The molecule has 0 fully saturated rings. The van der Waals surface area contributed by atoms with E-state index in [4.69, 9.17) is 30.0 Å². The van der Waals surface area contributed by atoms with Crippen LogP contribution in [-0.4, -0.2) is 98.8 Å². The van der Waals surface area contributed by atoms with Gasteiger partial charge in [0.05, 0.1) is 16.3 Å². The quantitative estimate of drug-likeness (QED) is 0.0639. The van der Waals surface area contributed by atoms with Crippen molar-refractivity contribution in [3.63, 3.8) is 0 Å². The Labute approximate surface area is 399 Å². The molecular weight excluding hydrogens is 1040 g/mol. The summed E-state index contributed by atoms with van der Waals surface area (Å²) in [6.45, 7) is 0.115. The van der Waals surface area contributed by atoms with Crippen LogP contribution < -0.4 is 4.74 Å². The van der Waals surface area contributed by atoms with Crippen LogP contribution in [0.4, 0.5) is 11.4 Å². The molecule has 4 heterocycles. The first-order chi connectivity index (χ1) is 33.6. The minimum Gasteiger partial charge on any atom is -0.426 e. The molecule has 11 aromatic rings. The zero-order valence-electron chi connectivity index (χ0n) is 35.0. The highest BCUT2D eigenvalue weighted by Crippen LogP contribution is 2.40. The van der Waals surface area contributed by atoms with E-state index < -0.39 is 56.5 Å². The third kappa shape index (κ3) is 9.05. The van der Waals surface area contributed by atoms with E-state index in [-0.39, 0.29) is 44.6 Å². The molecule has 0 unspecified atom stereocenters. The van der Waals surface area contributed by atoms with Crippen LogP contribution in [0.15, 0.2) is 146 Å². The van der Waals surface area contributed by atoms with Gasteiger partial charge in [-0.2, -0.15) is 35.2 Å². The molecule has 25 nitrogen and oxygen atoms in total. The van der Waals surface area contributed by atoms with Gasteiger partial charge in [0.1, 0.15) is 43.2 Å². The normalized spacial score (nSPS) is 12.5.